The van der Waals surface area contributed by atoms with Crippen LogP contribution in [0.25, 0.3) is 10.2 Å². The van der Waals surface area contributed by atoms with Crippen LogP contribution in [0.15, 0.2) is 48.5 Å². The van der Waals surface area contributed by atoms with Gasteiger partial charge in [-0.1, -0.05) is 18.2 Å². The van der Waals surface area contributed by atoms with Gasteiger partial charge in [0.25, 0.3) is 0 Å². The smallest absolute Gasteiger partial charge is 0.238 e. The van der Waals surface area contributed by atoms with Crippen molar-refractivity contribution in [3.8, 4) is 5.75 Å². The highest BCUT2D eigenvalue weighted by Gasteiger charge is 2.20. The van der Waals surface area contributed by atoms with E-state index in [4.69, 9.17) is 9.72 Å². The van der Waals surface area contributed by atoms with E-state index in [1.54, 1.807) is 18.4 Å². The number of benzene rings is 2. The van der Waals surface area contributed by atoms with Crippen molar-refractivity contribution in [2.75, 3.05) is 45.2 Å². The number of carbonyl (C=O) groups excluding carboxylic acids is 1. The average molecular weight is 397 g/mol. The van der Waals surface area contributed by atoms with Gasteiger partial charge in [-0.2, -0.15) is 0 Å². The number of thiazole rings is 1. The molecule has 1 aliphatic rings. The summed E-state index contributed by atoms with van der Waals surface area (Å²) in [4.78, 5) is 21.7. The Morgan fingerprint density at radius 3 is 2.68 bits per heavy atom. The van der Waals surface area contributed by atoms with Crippen molar-refractivity contribution in [3.05, 3.63) is 53.5 Å². The summed E-state index contributed by atoms with van der Waals surface area (Å²) in [6.07, 6.45) is 0. The number of piperazine rings is 1. The highest BCUT2D eigenvalue weighted by atomic mass is 32.1. The second-order valence-electron chi connectivity index (χ2n) is 6.91. The summed E-state index contributed by atoms with van der Waals surface area (Å²) in [6, 6.07) is 15.7. The fraction of sp³-hybridized carbons (Fsp3) is 0.333. The Balaban J connectivity index is 1.25. The third-order valence-electron chi connectivity index (χ3n) is 4.88. The Morgan fingerprint density at radius 2 is 1.89 bits per heavy atom. The van der Waals surface area contributed by atoms with Gasteiger partial charge in [-0.15, -0.1) is 11.3 Å². The zero-order valence-corrected chi connectivity index (χ0v) is 16.7. The Bertz CT molecular complexity index is 917. The van der Waals surface area contributed by atoms with Gasteiger partial charge in [-0.3, -0.25) is 14.6 Å². The van der Waals surface area contributed by atoms with Crippen LogP contribution in [0.1, 0.15) is 5.01 Å². The van der Waals surface area contributed by atoms with Crippen molar-refractivity contribution in [2.24, 2.45) is 0 Å². The number of fused-ring (bicyclic) bond motifs is 1. The summed E-state index contributed by atoms with van der Waals surface area (Å²) >= 11 is 1.77. The van der Waals surface area contributed by atoms with Crippen LogP contribution < -0.4 is 10.1 Å². The minimum absolute atomic E-state index is 0.00729. The molecule has 0 atom stereocenters. The SMILES string of the molecule is COc1cccc(NC(=O)CN2CCN(Cc3nc4ccccc4s3)CC2)c1. The molecule has 2 heterocycles. The average Bonchev–Trinajstić information content (AvgIpc) is 3.12. The van der Waals surface area contributed by atoms with Gasteiger partial charge < -0.3 is 10.1 Å². The fourth-order valence-corrected chi connectivity index (χ4v) is 4.40. The van der Waals surface area contributed by atoms with E-state index in [1.165, 1.54) is 4.70 Å². The summed E-state index contributed by atoms with van der Waals surface area (Å²) < 4.78 is 6.44. The molecule has 7 heteroatoms. The van der Waals surface area contributed by atoms with E-state index in [9.17, 15) is 4.79 Å². The lowest BCUT2D eigenvalue weighted by Crippen LogP contribution is -2.48. The third kappa shape index (κ3) is 4.67. The van der Waals surface area contributed by atoms with Gasteiger partial charge in [0, 0.05) is 37.9 Å². The van der Waals surface area contributed by atoms with Crippen molar-refractivity contribution < 1.29 is 9.53 Å². The van der Waals surface area contributed by atoms with E-state index in [0.29, 0.717) is 6.54 Å². The molecule has 0 radical (unpaired) electrons. The number of anilines is 1. The first-order chi connectivity index (χ1) is 13.7. The predicted molar refractivity (Wildman–Crippen MR) is 113 cm³/mol. The lowest BCUT2D eigenvalue weighted by atomic mass is 10.3. The number of aromatic nitrogens is 1. The van der Waals surface area contributed by atoms with Gasteiger partial charge >= 0.3 is 0 Å². The number of carbonyl (C=O) groups is 1. The van der Waals surface area contributed by atoms with Crippen LogP contribution in [-0.4, -0.2) is 60.5 Å². The summed E-state index contributed by atoms with van der Waals surface area (Å²) in [5.74, 6) is 0.745. The van der Waals surface area contributed by atoms with Crippen molar-refractivity contribution in [2.45, 2.75) is 6.54 Å². The number of nitrogens with one attached hydrogen (secondary N) is 1. The summed E-state index contributed by atoms with van der Waals surface area (Å²) in [5.41, 5.74) is 1.84. The zero-order chi connectivity index (χ0) is 19.3. The first kappa shape index (κ1) is 18.9. The molecule has 146 valence electrons. The summed E-state index contributed by atoms with van der Waals surface area (Å²) in [5, 5.41) is 4.11. The van der Waals surface area contributed by atoms with Crippen LogP contribution in [0.5, 0.6) is 5.75 Å². The molecule has 0 unspecified atom stereocenters. The topological polar surface area (TPSA) is 57.7 Å². The Morgan fingerprint density at radius 1 is 1.11 bits per heavy atom. The van der Waals surface area contributed by atoms with Crippen LogP contribution in [-0.2, 0) is 11.3 Å². The molecule has 1 aromatic heterocycles. The molecule has 0 aliphatic carbocycles. The van der Waals surface area contributed by atoms with E-state index >= 15 is 0 Å². The number of hydrogen-bond acceptors (Lipinski definition) is 6. The minimum Gasteiger partial charge on any atom is -0.497 e. The second kappa shape index (κ2) is 8.68. The van der Waals surface area contributed by atoms with E-state index in [0.717, 1.165) is 54.7 Å². The van der Waals surface area contributed by atoms with Crippen LogP contribution in [0.4, 0.5) is 5.69 Å². The highest BCUT2D eigenvalue weighted by Crippen LogP contribution is 2.23. The number of amides is 1. The minimum atomic E-state index is 0.00729. The van der Waals surface area contributed by atoms with E-state index in [1.807, 2.05) is 30.3 Å². The first-order valence-electron chi connectivity index (χ1n) is 9.43. The molecule has 1 N–H and O–H groups in total. The Kier molecular flexibility index (Phi) is 5.85. The second-order valence-corrected chi connectivity index (χ2v) is 8.02. The quantitative estimate of drug-likeness (QED) is 0.694. The molecule has 2 aromatic carbocycles. The molecule has 28 heavy (non-hydrogen) atoms. The normalized spacial score (nSPS) is 15.6. The van der Waals surface area contributed by atoms with Crippen LogP contribution >= 0.6 is 11.3 Å². The molecule has 4 rings (SSSR count). The van der Waals surface area contributed by atoms with Gasteiger partial charge in [-0.25, -0.2) is 4.98 Å². The maximum atomic E-state index is 12.3. The number of ether oxygens (including phenoxy) is 1. The maximum Gasteiger partial charge on any atom is 0.238 e. The van der Waals surface area contributed by atoms with Crippen molar-refractivity contribution in [3.63, 3.8) is 0 Å². The number of methoxy groups -OCH3 is 1. The van der Waals surface area contributed by atoms with Crippen LogP contribution in [0.2, 0.25) is 0 Å². The molecule has 1 saturated heterocycles. The predicted octanol–water partition coefficient (Wildman–Crippen LogP) is 3.06. The standard InChI is InChI=1S/C21H24N4O2S/c1-27-17-6-4-5-16(13-17)22-20(26)14-24-9-11-25(12-10-24)15-21-23-18-7-2-3-8-19(18)28-21/h2-8,13H,9-12,14-15H2,1H3,(H,22,26). The zero-order valence-electron chi connectivity index (χ0n) is 15.9. The fourth-order valence-electron chi connectivity index (χ4n) is 3.39. The molecular weight excluding hydrogens is 372 g/mol. The number of para-hydroxylation sites is 1. The molecule has 0 bridgehead atoms. The molecular formula is C21H24N4O2S. The third-order valence-corrected chi connectivity index (χ3v) is 5.90. The van der Waals surface area contributed by atoms with Crippen LogP contribution in [0.3, 0.4) is 0 Å². The molecule has 1 fully saturated rings. The lowest BCUT2D eigenvalue weighted by Gasteiger charge is -2.33. The van der Waals surface area contributed by atoms with E-state index < -0.39 is 0 Å². The largest absolute Gasteiger partial charge is 0.497 e. The highest BCUT2D eigenvalue weighted by molar-refractivity contribution is 7.18. The van der Waals surface area contributed by atoms with Gasteiger partial charge in [0.2, 0.25) is 5.91 Å². The number of rotatable bonds is 6. The Hall–Kier alpha value is -2.48. The number of nitrogens with zero attached hydrogens (tertiary/aromatic N) is 3. The van der Waals surface area contributed by atoms with Gasteiger partial charge in [0.05, 0.1) is 30.4 Å². The van der Waals surface area contributed by atoms with E-state index in [-0.39, 0.29) is 5.91 Å². The van der Waals surface area contributed by atoms with Crippen molar-refractivity contribution in [1.82, 2.24) is 14.8 Å². The molecule has 6 nitrogen and oxygen atoms in total. The van der Waals surface area contributed by atoms with E-state index in [2.05, 4.69) is 33.3 Å². The molecule has 1 amide bonds. The van der Waals surface area contributed by atoms with Crippen molar-refractivity contribution in [1.29, 1.82) is 0 Å². The van der Waals surface area contributed by atoms with Gasteiger partial charge in [-0.05, 0) is 24.3 Å². The summed E-state index contributed by atoms with van der Waals surface area (Å²) in [7, 11) is 1.62. The molecule has 0 saturated carbocycles. The Labute approximate surface area is 168 Å². The molecule has 3 aromatic rings. The van der Waals surface area contributed by atoms with Crippen LogP contribution in [0, 0.1) is 0 Å². The maximum absolute atomic E-state index is 12.3. The first-order valence-corrected chi connectivity index (χ1v) is 10.2. The molecule has 1 aliphatic heterocycles. The van der Waals surface area contributed by atoms with Gasteiger partial charge in [0.15, 0.2) is 0 Å². The molecule has 0 spiro atoms. The van der Waals surface area contributed by atoms with Gasteiger partial charge in [0.1, 0.15) is 10.8 Å². The summed E-state index contributed by atoms with van der Waals surface area (Å²) in [6.45, 7) is 4.95. The monoisotopic (exact) mass is 396 g/mol. The van der Waals surface area contributed by atoms with Crippen molar-refractivity contribution >= 4 is 33.1 Å². The number of hydrogen-bond donors (Lipinski definition) is 1. The lowest BCUT2D eigenvalue weighted by molar-refractivity contribution is -0.117.